The number of carbonyl (C=O) groups is 3. The lowest BCUT2D eigenvalue weighted by molar-refractivity contribution is -0.115. The van der Waals surface area contributed by atoms with Crippen molar-refractivity contribution in [2.45, 2.75) is 19.9 Å². The number of rotatable bonds is 8. The molecule has 0 spiro atoms. The van der Waals surface area contributed by atoms with Crippen LogP contribution in [0.4, 0.5) is 17.1 Å². The van der Waals surface area contributed by atoms with Gasteiger partial charge in [-0.05, 0) is 48.9 Å². The average molecular weight is 431 g/mol. The van der Waals surface area contributed by atoms with Gasteiger partial charge in [0.25, 0.3) is 5.91 Å². The van der Waals surface area contributed by atoms with Gasteiger partial charge in [0, 0.05) is 29.5 Å². The second-order valence-electron chi connectivity index (χ2n) is 7.35. The zero-order valence-corrected chi connectivity index (χ0v) is 18.0. The number of carbonyl (C=O) groups excluding carboxylic acids is 3. The van der Waals surface area contributed by atoms with E-state index in [1.807, 2.05) is 37.3 Å². The van der Waals surface area contributed by atoms with E-state index in [4.69, 9.17) is 0 Å². The second kappa shape index (κ2) is 10.8. The van der Waals surface area contributed by atoms with Crippen molar-refractivity contribution in [2.75, 3.05) is 22.5 Å². The summed E-state index contributed by atoms with van der Waals surface area (Å²) in [5.74, 6) is -0.626. The molecule has 7 nitrogen and oxygen atoms in total. The summed E-state index contributed by atoms with van der Waals surface area (Å²) in [6.45, 7) is 3.38. The van der Waals surface area contributed by atoms with Crippen molar-refractivity contribution >= 4 is 34.8 Å². The minimum absolute atomic E-state index is 0.0237. The molecule has 3 aromatic rings. The lowest BCUT2D eigenvalue weighted by Gasteiger charge is -2.15. The largest absolute Gasteiger partial charge is 0.376 e. The molecular formula is C25H26N4O3. The van der Waals surface area contributed by atoms with Gasteiger partial charge >= 0.3 is 0 Å². The zero-order valence-electron chi connectivity index (χ0n) is 18.0. The number of hydrogen-bond donors (Lipinski definition) is 4. The predicted molar refractivity (Wildman–Crippen MR) is 127 cm³/mol. The van der Waals surface area contributed by atoms with Crippen LogP contribution < -0.4 is 21.3 Å². The molecule has 0 heterocycles. The maximum Gasteiger partial charge on any atom is 0.251 e. The van der Waals surface area contributed by atoms with E-state index >= 15 is 0 Å². The number of anilines is 3. The van der Waals surface area contributed by atoms with Crippen molar-refractivity contribution in [3.8, 4) is 0 Å². The monoisotopic (exact) mass is 430 g/mol. The summed E-state index contributed by atoms with van der Waals surface area (Å²) in [5.41, 5.74) is 3.36. The molecule has 3 amide bonds. The maximum absolute atomic E-state index is 12.6. The molecule has 4 N–H and O–H groups in total. The summed E-state index contributed by atoms with van der Waals surface area (Å²) in [5, 5.41) is 11.5. The summed E-state index contributed by atoms with van der Waals surface area (Å²) in [4.78, 5) is 36.1. The van der Waals surface area contributed by atoms with Crippen LogP contribution in [-0.2, 0) is 9.59 Å². The summed E-state index contributed by atoms with van der Waals surface area (Å²) in [6.07, 6.45) is 0. The highest BCUT2D eigenvalue weighted by Crippen LogP contribution is 2.16. The fourth-order valence-corrected chi connectivity index (χ4v) is 3.14. The topological polar surface area (TPSA) is 99.3 Å². The molecule has 1 unspecified atom stereocenters. The Morgan fingerprint density at radius 1 is 0.781 bits per heavy atom. The number of benzene rings is 3. The van der Waals surface area contributed by atoms with Crippen LogP contribution in [0.2, 0.25) is 0 Å². The van der Waals surface area contributed by atoms with Crippen molar-refractivity contribution in [3.05, 3.63) is 90.0 Å². The van der Waals surface area contributed by atoms with Crippen molar-refractivity contribution in [1.29, 1.82) is 0 Å². The van der Waals surface area contributed by atoms with Gasteiger partial charge in [-0.1, -0.05) is 42.5 Å². The SMILES string of the molecule is CC(=O)Nc1cccc(NC(=O)CNc2cccc(C(=O)NC(C)c3ccccc3)c2)c1. The molecule has 32 heavy (non-hydrogen) atoms. The number of amides is 3. The van der Waals surface area contributed by atoms with Gasteiger partial charge in [0.1, 0.15) is 0 Å². The molecule has 0 aromatic heterocycles. The van der Waals surface area contributed by atoms with Crippen LogP contribution in [0.15, 0.2) is 78.9 Å². The van der Waals surface area contributed by atoms with Gasteiger partial charge in [-0.25, -0.2) is 0 Å². The minimum atomic E-state index is -0.252. The highest BCUT2D eigenvalue weighted by atomic mass is 16.2. The molecule has 0 bridgehead atoms. The average Bonchev–Trinajstić information content (AvgIpc) is 2.78. The van der Waals surface area contributed by atoms with E-state index in [-0.39, 0.29) is 30.3 Å². The normalized spacial score (nSPS) is 11.2. The smallest absolute Gasteiger partial charge is 0.251 e. The van der Waals surface area contributed by atoms with Crippen molar-refractivity contribution < 1.29 is 14.4 Å². The Morgan fingerprint density at radius 2 is 1.44 bits per heavy atom. The first-order valence-electron chi connectivity index (χ1n) is 10.3. The molecule has 7 heteroatoms. The summed E-state index contributed by atoms with van der Waals surface area (Å²) < 4.78 is 0. The molecule has 0 aliphatic heterocycles. The van der Waals surface area contributed by atoms with Crippen LogP contribution >= 0.6 is 0 Å². The fraction of sp³-hybridized carbons (Fsp3) is 0.160. The Kier molecular flexibility index (Phi) is 7.59. The highest BCUT2D eigenvalue weighted by Gasteiger charge is 2.12. The molecule has 3 aromatic carbocycles. The molecule has 0 saturated heterocycles. The van der Waals surface area contributed by atoms with Crippen molar-refractivity contribution in [1.82, 2.24) is 5.32 Å². The Labute approximate surface area is 187 Å². The molecule has 0 fully saturated rings. The second-order valence-corrected chi connectivity index (χ2v) is 7.35. The standard InChI is InChI=1S/C25H26N4O3/c1-17(19-8-4-3-5-9-19)27-25(32)20-10-6-11-21(14-20)26-16-24(31)29-23-13-7-12-22(15-23)28-18(2)30/h3-15,17,26H,16H2,1-2H3,(H,27,32)(H,28,30)(H,29,31). The van der Waals surface area contributed by atoms with Crippen LogP contribution in [0.5, 0.6) is 0 Å². The Morgan fingerprint density at radius 3 is 2.16 bits per heavy atom. The molecule has 0 saturated carbocycles. The molecule has 164 valence electrons. The summed E-state index contributed by atoms with van der Waals surface area (Å²) in [6, 6.07) is 23.5. The molecule has 0 radical (unpaired) electrons. The fourth-order valence-electron chi connectivity index (χ4n) is 3.14. The lowest BCUT2D eigenvalue weighted by atomic mass is 10.1. The van der Waals surface area contributed by atoms with E-state index in [2.05, 4.69) is 21.3 Å². The minimum Gasteiger partial charge on any atom is -0.376 e. The van der Waals surface area contributed by atoms with E-state index in [1.165, 1.54) is 6.92 Å². The van der Waals surface area contributed by atoms with Gasteiger partial charge in [0.15, 0.2) is 0 Å². The van der Waals surface area contributed by atoms with E-state index in [1.54, 1.807) is 48.5 Å². The maximum atomic E-state index is 12.6. The third kappa shape index (κ3) is 6.70. The Hall–Kier alpha value is -4.13. The molecule has 3 rings (SSSR count). The Balaban J connectivity index is 1.55. The van der Waals surface area contributed by atoms with E-state index in [9.17, 15) is 14.4 Å². The summed E-state index contributed by atoms with van der Waals surface area (Å²) in [7, 11) is 0. The molecular weight excluding hydrogens is 404 g/mol. The van der Waals surface area contributed by atoms with Gasteiger partial charge in [-0.2, -0.15) is 0 Å². The van der Waals surface area contributed by atoms with E-state index in [0.29, 0.717) is 22.6 Å². The molecule has 0 aliphatic rings. The first kappa shape index (κ1) is 22.6. The third-order valence-corrected chi connectivity index (χ3v) is 4.69. The van der Waals surface area contributed by atoms with E-state index < -0.39 is 0 Å². The van der Waals surface area contributed by atoms with Crippen LogP contribution in [0, 0.1) is 0 Å². The summed E-state index contributed by atoms with van der Waals surface area (Å²) >= 11 is 0. The quantitative estimate of drug-likeness (QED) is 0.431. The van der Waals surface area contributed by atoms with Crippen LogP contribution in [0.1, 0.15) is 35.8 Å². The first-order valence-corrected chi connectivity index (χ1v) is 10.3. The zero-order chi connectivity index (χ0) is 22.9. The van der Waals surface area contributed by atoms with Gasteiger partial charge < -0.3 is 21.3 Å². The number of nitrogens with one attached hydrogen (secondary N) is 4. The van der Waals surface area contributed by atoms with E-state index in [0.717, 1.165) is 5.56 Å². The third-order valence-electron chi connectivity index (χ3n) is 4.69. The van der Waals surface area contributed by atoms with Crippen molar-refractivity contribution in [3.63, 3.8) is 0 Å². The van der Waals surface area contributed by atoms with Crippen LogP contribution in [0.3, 0.4) is 0 Å². The molecule has 0 aliphatic carbocycles. The van der Waals surface area contributed by atoms with Crippen molar-refractivity contribution in [2.24, 2.45) is 0 Å². The highest BCUT2D eigenvalue weighted by molar-refractivity contribution is 5.97. The molecule has 1 atom stereocenters. The predicted octanol–water partition coefficient (Wildman–Crippen LogP) is 4.19. The van der Waals surface area contributed by atoms with Gasteiger partial charge in [-0.15, -0.1) is 0 Å². The van der Waals surface area contributed by atoms with Crippen LogP contribution in [0.25, 0.3) is 0 Å². The Bertz CT molecular complexity index is 1100. The lowest BCUT2D eigenvalue weighted by Crippen LogP contribution is -2.26. The van der Waals surface area contributed by atoms with Gasteiger partial charge in [0.2, 0.25) is 11.8 Å². The van der Waals surface area contributed by atoms with Gasteiger partial charge in [-0.3, -0.25) is 14.4 Å². The first-order chi connectivity index (χ1) is 15.4. The number of hydrogen-bond acceptors (Lipinski definition) is 4. The van der Waals surface area contributed by atoms with Crippen LogP contribution in [-0.4, -0.2) is 24.3 Å². The van der Waals surface area contributed by atoms with Gasteiger partial charge in [0.05, 0.1) is 12.6 Å².